The zero-order chi connectivity index (χ0) is 8.22. The monoisotopic (exact) mass is 172 g/mol. The van der Waals surface area contributed by atoms with Crippen LogP contribution in [-0.4, -0.2) is 11.2 Å². The highest BCUT2D eigenvalue weighted by atomic mass is 35.5. The van der Waals surface area contributed by atoms with E-state index in [1.807, 2.05) is 0 Å². The van der Waals surface area contributed by atoms with Crippen LogP contribution in [0.25, 0.3) is 0 Å². The van der Waals surface area contributed by atoms with E-state index in [9.17, 15) is 4.79 Å². The molecule has 2 saturated carbocycles. The molecule has 0 aromatic heterocycles. The number of hydrogen-bond donors (Lipinski definition) is 0. The van der Waals surface area contributed by atoms with Gasteiger partial charge in [-0.15, -0.1) is 11.6 Å². The number of halogens is 1. The molecule has 0 saturated heterocycles. The molecule has 0 aromatic carbocycles. The normalized spacial score (nSPS) is 46.8. The molecule has 2 heteroatoms. The first-order chi connectivity index (χ1) is 5.03. The minimum Gasteiger partial charge on any atom is -0.298 e. The van der Waals surface area contributed by atoms with Gasteiger partial charge in [0.15, 0.2) is 5.78 Å². The summed E-state index contributed by atoms with van der Waals surface area (Å²) in [6, 6.07) is 0. The van der Waals surface area contributed by atoms with Gasteiger partial charge in [-0.25, -0.2) is 0 Å². The SMILES string of the molecule is CC1(C)C2CC(=O)[C@H](Cl)C[C@H]21. The van der Waals surface area contributed by atoms with Crippen LogP contribution in [0.15, 0.2) is 0 Å². The topological polar surface area (TPSA) is 17.1 Å². The first-order valence-electron chi connectivity index (χ1n) is 4.20. The highest BCUT2D eigenvalue weighted by Crippen LogP contribution is 2.64. The lowest BCUT2D eigenvalue weighted by molar-refractivity contribution is -0.120. The molecule has 0 heterocycles. The van der Waals surface area contributed by atoms with Crippen molar-refractivity contribution in [2.75, 3.05) is 0 Å². The van der Waals surface area contributed by atoms with Crippen LogP contribution in [-0.2, 0) is 4.79 Å². The molecular weight excluding hydrogens is 160 g/mol. The van der Waals surface area contributed by atoms with Gasteiger partial charge in [0.2, 0.25) is 0 Å². The van der Waals surface area contributed by atoms with E-state index in [1.165, 1.54) is 0 Å². The summed E-state index contributed by atoms with van der Waals surface area (Å²) in [5.74, 6) is 1.63. The van der Waals surface area contributed by atoms with E-state index < -0.39 is 0 Å². The summed E-state index contributed by atoms with van der Waals surface area (Å²) in [6.45, 7) is 4.48. The van der Waals surface area contributed by atoms with Gasteiger partial charge in [-0.2, -0.15) is 0 Å². The molecule has 0 amide bonds. The first kappa shape index (κ1) is 7.60. The Labute approximate surface area is 72.1 Å². The molecular formula is C9H13ClO. The summed E-state index contributed by atoms with van der Waals surface area (Å²) in [5, 5.41) is -0.182. The third kappa shape index (κ3) is 0.936. The van der Waals surface area contributed by atoms with E-state index in [1.54, 1.807) is 0 Å². The number of fused-ring (bicyclic) bond motifs is 1. The highest BCUT2D eigenvalue weighted by Gasteiger charge is 2.60. The van der Waals surface area contributed by atoms with Crippen molar-refractivity contribution in [2.24, 2.45) is 17.3 Å². The molecule has 0 N–H and O–H groups in total. The molecule has 11 heavy (non-hydrogen) atoms. The molecule has 2 aliphatic carbocycles. The summed E-state index contributed by atoms with van der Waals surface area (Å²) >= 11 is 5.87. The number of carbonyl (C=O) groups is 1. The van der Waals surface area contributed by atoms with Gasteiger partial charge in [0.25, 0.3) is 0 Å². The Kier molecular flexibility index (Phi) is 1.39. The van der Waals surface area contributed by atoms with Crippen molar-refractivity contribution in [1.29, 1.82) is 0 Å². The summed E-state index contributed by atoms with van der Waals surface area (Å²) in [4.78, 5) is 11.2. The zero-order valence-electron chi connectivity index (χ0n) is 6.93. The van der Waals surface area contributed by atoms with Crippen molar-refractivity contribution < 1.29 is 4.79 Å². The van der Waals surface area contributed by atoms with Gasteiger partial charge in [-0.05, 0) is 23.7 Å². The van der Waals surface area contributed by atoms with Crippen molar-refractivity contribution in [3.05, 3.63) is 0 Å². The summed E-state index contributed by atoms with van der Waals surface area (Å²) in [7, 11) is 0. The van der Waals surface area contributed by atoms with E-state index in [0.29, 0.717) is 11.3 Å². The lowest BCUT2D eigenvalue weighted by Gasteiger charge is -2.12. The number of hydrogen-bond acceptors (Lipinski definition) is 1. The maximum atomic E-state index is 11.2. The van der Waals surface area contributed by atoms with Crippen LogP contribution < -0.4 is 0 Å². The van der Waals surface area contributed by atoms with Crippen LogP contribution in [0, 0.1) is 17.3 Å². The molecule has 2 fully saturated rings. The molecule has 1 unspecified atom stereocenters. The number of alkyl halides is 1. The first-order valence-corrected chi connectivity index (χ1v) is 4.64. The zero-order valence-corrected chi connectivity index (χ0v) is 7.69. The number of ketones is 1. The van der Waals surface area contributed by atoms with Crippen LogP contribution in [0.3, 0.4) is 0 Å². The van der Waals surface area contributed by atoms with Gasteiger partial charge in [-0.3, -0.25) is 4.79 Å². The fourth-order valence-corrected chi connectivity index (χ4v) is 2.71. The van der Waals surface area contributed by atoms with E-state index >= 15 is 0 Å². The van der Waals surface area contributed by atoms with Gasteiger partial charge in [0.1, 0.15) is 0 Å². The van der Waals surface area contributed by atoms with Gasteiger partial charge >= 0.3 is 0 Å². The van der Waals surface area contributed by atoms with Crippen molar-refractivity contribution >= 4 is 17.4 Å². The van der Waals surface area contributed by atoms with Crippen molar-refractivity contribution in [2.45, 2.75) is 32.1 Å². The Balaban J connectivity index is 2.12. The van der Waals surface area contributed by atoms with Crippen LogP contribution in [0.5, 0.6) is 0 Å². The van der Waals surface area contributed by atoms with Crippen molar-refractivity contribution in [3.8, 4) is 0 Å². The molecule has 3 atom stereocenters. The second kappa shape index (κ2) is 2.01. The maximum absolute atomic E-state index is 11.2. The fourth-order valence-electron chi connectivity index (χ4n) is 2.43. The number of carbonyl (C=O) groups excluding carboxylic acids is 1. The van der Waals surface area contributed by atoms with Crippen LogP contribution in [0.1, 0.15) is 26.7 Å². The van der Waals surface area contributed by atoms with Gasteiger partial charge in [0, 0.05) is 6.42 Å². The predicted molar refractivity (Wildman–Crippen MR) is 44.6 cm³/mol. The molecule has 0 bridgehead atoms. The van der Waals surface area contributed by atoms with Crippen LogP contribution in [0.4, 0.5) is 0 Å². The standard InChI is InChI=1S/C9H13ClO/c1-9(2)5-3-7(10)8(11)4-6(5)9/h5-7H,3-4H2,1-2H3/t5-,6?,7-/m1/s1. The summed E-state index contributed by atoms with van der Waals surface area (Å²) < 4.78 is 0. The van der Waals surface area contributed by atoms with Gasteiger partial charge < -0.3 is 0 Å². The molecule has 0 aromatic rings. The van der Waals surface area contributed by atoms with E-state index in [2.05, 4.69) is 13.8 Å². The minimum absolute atomic E-state index is 0.182. The average molecular weight is 173 g/mol. The number of Topliss-reactive ketones (excluding diaryl/α,β-unsaturated/α-hetero) is 1. The Morgan fingerprint density at radius 3 is 2.64 bits per heavy atom. The Morgan fingerprint density at radius 1 is 1.45 bits per heavy atom. The van der Waals surface area contributed by atoms with E-state index in [0.717, 1.165) is 18.8 Å². The van der Waals surface area contributed by atoms with Crippen LogP contribution >= 0.6 is 11.6 Å². The van der Waals surface area contributed by atoms with E-state index in [4.69, 9.17) is 11.6 Å². The van der Waals surface area contributed by atoms with Crippen molar-refractivity contribution in [3.63, 3.8) is 0 Å². The Hall–Kier alpha value is -0.0400. The molecule has 2 aliphatic rings. The Bertz CT molecular complexity index is 210. The van der Waals surface area contributed by atoms with Gasteiger partial charge in [-0.1, -0.05) is 13.8 Å². The molecule has 2 rings (SSSR count). The summed E-state index contributed by atoms with van der Waals surface area (Å²) in [5.41, 5.74) is 0.402. The lowest BCUT2D eigenvalue weighted by Crippen LogP contribution is -2.20. The summed E-state index contributed by atoms with van der Waals surface area (Å²) in [6.07, 6.45) is 1.64. The predicted octanol–water partition coefficient (Wildman–Crippen LogP) is 2.23. The molecule has 62 valence electrons. The minimum atomic E-state index is -0.182. The van der Waals surface area contributed by atoms with Crippen molar-refractivity contribution in [1.82, 2.24) is 0 Å². The van der Waals surface area contributed by atoms with Gasteiger partial charge in [0.05, 0.1) is 5.38 Å². The average Bonchev–Trinajstić information content (AvgIpc) is 2.39. The smallest absolute Gasteiger partial charge is 0.150 e. The third-order valence-corrected chi connectivity index (χ3v) is 3.94. The Morgan fingerprint density at radius 2 is 2.09 bits per heavy atom. The molecule has 0 radical (unpaired) electrons. The second-order valence-corrected chi connectivity index (χ2v) is 4.93. The maximum Gasteiger partial charge on any atom is 0.150 e. The largest absolute Gasteiger partial charge is 0.298 e. The lowest BCUT2D eigenvalue weighted by atomic mass is 9.99. The fraction of sp³-hybridized carbons (Fsp3) is 0.889. The molecule has 1 nitrogen and oxygen atoms in total. The van der Waals surface area contributed by atoms with E-state index in [-0.39, 0.29) is 11.2 Å². The van der Waals surface area contributed by atoms with Crippen LogP contribution in [0.2, 0.25) is 0 Å². The quantitative estimate of drug-likeness (QED) is 0.513. The molecule has 0 aliphatic heterocycles. The number of rotatable bonds is 0. The molecule has 0 spiro atoms. The third-order valence-electron chi connectivity index (χ3n) is 3.52. The second-order valence-electron chi connectivity index (χ2n) is 4.41. The highest BCUT2D eigenvalue weighted by molar-refractivity contribution is 6.31.